The fourth-order valence-electron chi connectivity index (χ4n) is 2.93. The van der Waals surface area contributed by atoms with Gasteiger partial charge in [0.1, 0.15) is 0 Å². The Kier molecular flexibility index (Phi) is 6.64. The molecule has 2 unspecified atom stereocenters. The van der Waals surface area contributed by atoms with Gasteiger partial charge >= 0.3 is 0 Å². The van der Waals surface area contributed by atoms with Crippen LogP contribution in [0.4, 0.5) is 0 Å². The fourth-order valence-corrected chi connectivity index (χ4v) is 2.93. The standard InChI is InChI=1S/C19H30N4O/c1-5-7-15-13-17(15)22-19(20-2)21-11-10-14-8-6-9-16(12-14)18(24)23(3)4/h6,8-9,12,15,17H,5,7,10-11,13H2,1-4H3,(H2,20,21,22). The number of nitrogens with zero attached hydrogens (tertiary/aromatic N) is 2. The Morgan fingerprint density at radius 3 is 2.83 bits per heavy atom. The number of carbonyl (C=O) groups is 1. The van der Waals surface area contributed by atoms with Gasteiger partial charge in [-0.15, -0.1) is 0 Å². The van der Waals surface area contributed by atoms with Crippen molar-refractivity contribution in [3.63, 3.8) is 0 Å². The van der Waals surface area contributed by atoms with Crippen LogP contribution in [0.5, 0.6) is 0 Å². The van der Waals surface area contributed by atoms with Gasteiger partial charge in [0.25, 0.3) is 5.91 Å². The van der Waals surface area contributed by atoms with Crippen LogP contribution < -0.4 is 10.6 Å². The zero-order valence-corrected chi connectivity index (χ0v) is 15.3. The molecule has 132 valence electrons. The van der Waals surface area contributed by atoms with Crippen molar-refractivity contribution in [3.05, 3.63) is 35.4 Å². The minimum absolute atomic E-state index is 0.0398. The normalized spacial score (nSPS) is 19.8. The molecule has 1 saturated carbocycles. The molecule has 0 spiro atoms. The first kappa shape index (κ1) is 18.3. The Hall–Kier alpha value is -2.04. The molecule has 1 aromatic carbocycles. The van der Waals surface area contributed by atoms with Crippen molar-refractivity contribution in [1.82, 2.24) is 15.5 Å². The molecule has 0 bridgehead atoms. The van der Waals surface area contributed by atoms with Gasteiger partial charge in [-0.05, 0) is 42.9 Å². The molecule has 0 saturated heterocycles. The van der Waals surface area contributed by atoms with Crippen LogP contribution >= 0.6 is 0 Å². The summed E-state index contributed by atoms with van der Waals surface area (Å²) in [6, 6.07) is 8.41. The Morgan fingerprint density at radius 2 is 2.17 bits per heavy atom. The molecule has 5 nitrogen and oxygen atoms in total. The molecule has 1 aliphatic rings. The molecule has 0 aliphatic heterocycles. The fraction of sp³-hybridized carbons (Fsp3) is 0.579. The van der Waals surface area contributed by atoms with Crippen LogP contribution in [-0.2, 0) is 6.42 Å². The van der Waals surface area contributed by atoms with Crippen molar-refractivity contribution in [1.29, 1.82) is 0 Å². The Bertz CT molecular complexity index is 582. The van der Waals surface area contributed by atoms with Crippen molar-refractivity contribution < 1.29 is 4.79 Å². The molecule has 1 aromatic rings. The molecular weight excluding hydrogens is 300 g/mol. The average Bonchev–Trinajstić information content (AvgIpc) is 3.31. The number of aliphatic imine (C=N–C) groups is 1. The maximum atomic E-state index is 12.0. The summed E-state index contributed by atoms with van der Waals surface area (Å²) in [7, 11) is 5.36. The second-order valence-corrected chi connectivity index (χ2v) is 6.68. The molecule has 2 N–H and O–H groups in total. The minimum Gasteiger partial charge on any atom is -0.356 e. The highest BCUT2D eigenvalue weighted by atomic mass is 16.2. The maximum Gasteiger partial charge on any atom is 0.253 e. The Morgan fingerprint density at radius 1 is 1.38 bits per heavy atom. The predicted molar refractivity (Wildman–Crippen MR) is 99.5 cm³/mol. The van der Waals surface area contributed by atoms with E-state index >= 15 is 0 Å². The summed E-state index contributed by atoms with van der Waals surface area (Å²) in [4.78, 5) is 17.9. The summed E-state index contributed by atoms with van der Waals surface area (Å²) >= 11 is 0. The maximum absolute atomic E-state index is 12.0. The highest BCUT2D eigenvalue weighted by Gasteiger charge is 2.36. The molecule has 1 fully saturated rings. The third kappa shape index (κ3) is 5.25. The zero-order chi connectivity index (χ0) is 17.5. The van der Waals surface area contributed by atoms with Crippen LogP contribution in [0.15, 0.2) is 29.3 Å². The number of guanidine groups is 1. The monoisotopic (exact) mass is 330 g/mol. The van der Waals surface area contributed by atoms with Gasteiger partial charge in [-0.3, -0.25) is 9.79 Å². The molecule has 0 aromatic heterocycles. The number of nitrogens with one attached hydrogen (secondary N) is 2. The van der Waals surface area contributed by atoms with Gasteiger partial charge in [0.15, 0.2) is 5.96 Å². The molecule has 24 heavy (non-hydrogen) atoms. The third-order valence-corrected chi connectivity index (χ3v) is 4.41. The largest absolute Gasteiger partial charge is 0.356 e. The molecule has 5 heteroatoms. The minimum atomic E-state index is 0.0398. The van der Waals surface area contributed by atoms with Gasteiger partial charge in [-0.25, -0.2) is 0 Å². The van der Waals surface area contributed by atoms with E-state index in [4.69, 9.17) is 0 Å². The summed E-state index contributed by atoms with van der Waals surface area (Å²) in [5.74, 6) is 1.72. The SMILES string of the molecule is CCCC1CC1NC(=NC)NCCc1cccc(C(=O)N(C)C)c1. The van der Waals surface area contributed by atoms with Crippen molar-refractivity contribution in [2.75, 3.05) is 27.7 Å². The first-order valence-electron chi connectivity index (χ1n) is 8.83. The number of rotatable bonds is 7. The Balaban J connectivity index is 1.79. The van der Waals surface area contributed by atoms with Crippen LogP contribution in [0.25, 0.3) is 0 Å². The van der Waals surface area contributed by atoms with E-state index in [9.17, 15) is 4.79 Å². The third-order valence-electron chi connectivity index (χ3n) is 4.41. The number of benzene rings is 1. The Labute approximate surface area is 145 Å². The summed E-state index contributed by atoms with van der Waals surface area (Å²) in [5.41, 5.74) is 1.89. The van der Waals surface area contributed by atoms with Crippen LogP contribution in [0, 0.1) is 5.92 Å². The summed E-state index contributed by atoms with van der Waals surface area (Å²) < 4.78 is 0. The average molecular weight is 330 g/mol. The van der Waals surface area contributed by atoms with E-state index in [1.807, 2.05) is 25.2 Å². The van der Waals surface area contributed by atoms with E-state index in [0.29, 0.717) is 6.04 Å². The molecular formula is C19H30N4O. The molecule has 0 radical (unpaired) electrons. The van der Waals surface area contributed by atoms with Crippen molar-refractivity contribution in [2.24, 2.45) is 10.9 Å². The van der Waals surface area contributed by atoms with E-state index in [1.165, 1.54) is 19.3 Å². The lowest BCUT2D eigenvalue weighted by atomic mass is 10.1. The van der Waals surface area contributed by atoms with Crippen LogP contribution in [0.2, 0.25) is 0 Å². The quantitative estimate of drug-likeness (QED) is 0.596. The van der Waals surface area contributed by atoms with Crippen LogP contribution in [0.3, 0.4) is 0 Å². The van der Waals surface area contributed by atoms with Gasteiger partial charge < -0.3 is 15.5 Å². The van der Waals surface area contributed by atoms with Gasteiger partial charge in [0.05, 0.1) is 0 Å². The number of amides is 1. The van der Waals surface area contributed by atoms with E-state index < -0.39 is 0 Å². The van der Waals surface area contributed by atoms with E-state index in [-0.39, 0.29) is 5.91 Å². The zero-order valence-electron chi connectivity index (χ0n) is 15.3. The second-order valence-electron chi connectivity index (χ2n) is 6.68. The van der Waals surface area contributed by atoms with Crippen molar-refractivity contribution >= 4 is 11.9 Å². The van der Waals surface area contributed by atoms with Crippen molar-refractivity contribution in [3.8, 4) is 0 Å². The van der Waals surface area contributed by atoms with Crippen molar-refractivity contribution in [2.45, 2.75) is 38.6 Å². The molecule has 2 atom stereocenters. The predicted octanol–water partition coefficient (Wildman–Crippen LogP) is 2.28. The van der Waals surface area contributed by atoms with Gasteiger partial charge in [0.2, 0.25) is 0 Å². The second kappa shape index (κ2) is 8.71. The first-order valence-corrected chi connectivity index (χ1v) is 8.83. The smallest absolute Gasteiger partial charge is 0.253 e. The lowest BCUT2D eigenvalue weighted by Crippen LogP contribution is -2.40. The summed E-state index contributed by atoms with van der Waals surface area (Å²) in [5, 5.41) is 6.85. The number of hydrogen-bond donors (Lipinski definition) is 2. The lowest BCUT2D eigenvalue weighted by molar-refractivity contribution is 0.0827. The van der Waals surface area contributed by atoms with Gasteiger partial charge in [-0.2, -0.15) is 0 Å². The molecule has 1 amide bonds. The molecule has 0 heterocycles. The highest BCUT2D eigenvalue weighted by Crippen LogP contribution is 2.34. The highest BCUT2D eigenvalue weighted by molar-refractivity contribution is 5.94. The number of hydrogen-bond acceptors (Lipinski definition) is 2. The van der Waals surface area contributed by atoms with Gasteiger partial charge in [0, 0.05) is 39.3 Å². The summed E-state index contributed by atoms with van der Waals surface area (Å²) in [6.45, 7) is 3.03. The first-order chi connectivity index (χ1) is 11.5. The number of carbonyl (C=O) groups excluding carboxylic acids is 1. The van der Waals surface area contributed by atoms with Gasteiger partial charge in [-0.1, -0.05) is 25.5 Å². The summed E-state index contributed by atoms with van der Waals surface area (Å²) in [6.07, 6.45) is 4.65. The van der Waals surface area contributed by atoms with E-state index in [1.54, 1.807) is 19.0 Å². The van der Waals surface area contributed by atoms with Crippen LogP contribution in [0.1, 0.15) is 42.1 Å². The van der Waals surface area contributed by atoms with E-state index in [0.717, 1.165) is 36.0 Å². The van der Waals surface area contributed by atoms with E-state index in [2.05, 4.69) is 28.6 Å². The topological polar surface area (TPSA) is 56.7 Å². The lowest BCUT2D eigenvalue weighted by Gasteiger charge is -2.13. The molecule has 2 rings (SSSR count). The van der Waals surface area contributed by atoms with Crippen LogP contribution in [-0.4, -0.2) is 50.5 Å². The molecule has 1 aliphatic carbocycles.